The lowest BCUT2D eigenvalue weighted by molar-refractivity contribution is 0.254. The highest BCUT2D eigenvalue weighted by Gasteiger charge is 2.26. The minimum Gasteiger partial charge on any atom is -0.322 e. The summed E-state index contributed by atoms with van der Waals surface area (Å²) < 4.78 is 25.9. The highest BCUT2D eigenvalue weighted by Crippen LogP contribution is 2.30. The predicted molar refractivity (Wildman–Crippen MR) is 46.5 cm³/mol. The normalized spacial score (nSPS) is 27.0. The zero-order chi connectivity index (χ0) is 9.42. The van der Waals surface area contributed by atoms with Crippen LogP contribution in [-0.4, -0.2) is 6.17 Å². The van der Waals surface area contributed by atoms with Crippen LogP contribution in [-0.2, 0) is 6.42 Å². The molecule has 0 spiro atoms. The van der Waals surface area contributed by atoms with E-state index >= 15 is 0 Å². The lowest BCUT2D eigenvalue weighted by Crippen LogP contribution is -2.28. The first-order valence-corrected chi connectivity index (χ1v) is 4.36. The Hall–Kier alpha value is -0.960. The maximum absolute atomic E-state index is 13.1. The van der Waals surface area contributed by atoms with Crippen molar-refractivity contribution < 1.29 is 8.78 Å². The van der Waals surface area contributed by atoms with Gasteiger partial charge < -0.3 is 5.73 Å². The van der Waals surface area contributed by atoms with Gasteiger partial charge in [0.25, 0.3) is 0 Å². The van der Waals surface area contributed by atoms with Gasteiger partial charge in [0.1, 0.15) is 12.0 Å². The maximum atomic E-state index is 13.1. The van der Waals surface area contributed by atoms with E-state index in [9.17, 15) is 8.78 Å². The molecule has 1 nitrogen and oxygen atoms in total. The average Bonchev–Trinajstić information content (AvgIpc) is 2.12. The summed E-state index contributed by atoms with van der Waals surface area (Å²) in [7, 11) is 0. The number of fused-ring (bicyclic) bond motifs is 1. The summed E-state index contributed by atoms with van der Waals surface area (Å²) in [6.07, 6.45) is -0.00230. The standard InChI is InChI=1S/C10H11F2N/c11-7-2-3-8-6(5-7)1-4-9(12)10(8)13/h2-3,5,9-10H,1,4,13H2. The summed E-state index contributed by atoms with van der Waals surface area (Å²) in [5, 5.41) is 0. The Labute approximate surface area is 75.6 Å². The van der Waals surface area contributed by atoms with Gasteiger partial charge in [0.05, 0.1) is 6.04 Å². The van der Waals surface area contributed by atoms with Crippen molar-refractivity contribution in [2.45, 2.75) is 25.1 Å². The topological polar surface area (TPSA) is 26.0 Å². The molecule has 1 aliphatic rings. The van der Waals surface area contributed by atoms with Crippen LogP contribution in [0.2, 0.25) is 0 Å². The summed E-state index contributed by atoms with van der Waals surface area (Å²) in [5.41, 5.74) is 7.24. The molecule has 3 heteroatoms. The highest BCUT2D eigenvalue weighted by atomic mass is 19.1. The van der Waals surface area contributed by atoms with E-state index in [1.54, 1.807) is 6.07 Å². The fourth-order valence-corrected chi connectivity index (χ4v) is 1.78. The molecule has 1 aromatic carbocycles. The van der Waals surface area contributed by atoms with Gasteiger partial charge in [0.2, 0.25) is 0 Å². The first-order chi connectivity index (χ1) is 6.18. The van der Waals surface area contributed by atoms with Crippen molar-refractivity contribution in [1.82, 2.24) is 0 Å². The van der Waals surface area contributed by atoms with E-state index in [-0.39, 0.29) is 5.82 Å². The molecule has 13 heavy (non-hydrogen) atoms. The first kappa shape index (κ1) is 8.63. The van der Waals surface area contributed by atoms with Crippen molar-refractivity contribution in [3.63, 3.8) is 0 Å². The third-order valence-electron chi connectivity index (χ3n) is 2.54. The van der Waals surface area contributed by atoms with Gasteiger partial charge >= 0.3 is 0 Å². The molecule has 0 aromatic heterocycles. The van der Waals surface area contributed by atoms with Crippen molar-refractivity contribution in [3.8, 4) is 0 Å². The van der Waals surface area contributed by atoms with Crippen LogP contribution in [0.25, 0.3) is 0 Å². The lowest BCUT2D eigenvalue weighted by atomic mass is 9.87. The minimum atomic E-state index is -0.988. The predicted octanol–water partition coefficient (Wildman–Crippen LogP) is 2.11. The van der Waals surface area contributed by atoms with Gasteiger partial charge in [0, 0.05) is 0 Å². The highest BCUT2D eigenvalue weighted by molar-refractivity contribution is 5.33. The van der Waals surface area contributed by atoms with Crippen molar-refractivity contribution in [2.24, 2.45) is 5.73 Å². The van der Waals surface area contributed by atoms with E-state index in [0.717, 1.165) is 11.1 Å². The number of rotatable bonds is 0. The van der Waals surface area contributed by atoms with E-state index in [4.69, 9.17) is 5.73 Å². The zero-order valence-corrected chi connectivity index (χ0v) is 7.13. The smallest absolute Gasteiger partial charge is 0.123 e. The monoisotopic (exact) mass is 183 g/mol. The molecule has 70 valence electrons. The molecular weight excluding hydrogens is 172 g/mol. The fraction of sp³-hybridized carbons (Fsp3) is 0.400. The minimum absolute atomic E-state index is 0.275. The molecule has 2 rings (SSSR count). The van der Waals surface area contributed by atoms with Crippen LogP contribution in [0.4, 0.5) is 8.78 Å². The second-order valence-electron chi connectivity index (χ2n) is 3.42. The molecule has 0 amide bonds. The number of hydrogen-bond acceptors (Lipinski definition) is 1. The van der Waals surface area contributed by atoms with E-state index in [1.807, 2.05) is 0 Å². The molecule has 1 aromatic rings. The summed E-state index contributed by atoms with van der Waals surface area (Å²) in [6, 6.07) is 3.78. The molecule has 0 fully saturated rings. The van der Waals surface area contributed by atoms with Crippen LogP contribution in [0.3, 0.4) is 0 Å². The Morgan fingerprint density at radius 3 is 2.92 bits per heavy atom. The molecule has 0 saturated heterocycles. The van der Waals surface area contributed by atoms with Gasteiger partial charge in [-0.3, -0.25) is 0 Å². The van der Waals surface area contributed by atoms with Crippen LogP contribution < -0.4 is 5.73 Å². The van der Waals surface area contributed by atoms with Crippen LogP contribution >= 0.6 is 0 Å². The van der Waals surface area contributed by atoms with Crippen molar-refractivity contribution in [2.75, 3.05) is 0 Å². The molecule has 0 heterocycles. The molecule has 2 atom stereocenters. The molecule has 0 saturated carbocycles. The summed E-state index contributed by atoms with van der Waals surface area (Å²) in [4.78, 5) is 0. The average molecular weight is 183 g/mol. The van der Waals surface area contributed by atoms with Crippen molar-refractivity contribution >= 4 is 0 Å². The summed E-state index contributed by atoms with van der Waals surface area (Å²) in [5.74, 6) is -0.275. The molecule has 0 aliphatic heterocycles. The van der Waals surface area contributed by atoms with Crippen LogP contribution in [0.1, 0.15) is 23.6 Å². The van der Waals surface area contributed by atoms with E-state index in [2.05, 4.69) is 0 Å². The molecule has 1 aliphatic carbocycles. The zero-order valence-electron chi connectivity index (χ0n) is 7.13. The number of aryl methyl sites for hydroxylation is 1. The number of alkyl halides is 1. The van der Waals surface area contributed by atoms with Gasteiger partial charge in [-0.05, 0) is 36.1 Å². The second kappa shape index (κ2) is 3.07. The van der Waals surface area contributed by atoms with Gasteiger partial charge in [-0.1, -0.05) is 6.07 Å². The van der Waals surface area contributed by atoms with E-state index in [1.165, 1.54) is 12.1 Å². The van der Waals surface area contributed by atoms with Crippen molar-refractivity contribution in [1.29, 1.82) is 0 Å². The molecule has 0 radical (unpaired) electrons. The fourth-order valence-electron chi connectivity index (χ4n) is 1.78. The first-order valence-electron chi connectivity index (χ1n) is 4.36. The number of benzene rings is 1. The Bertz CT molecular complexity index is 325. The van der Waals surface area contributed by atoms with Crippen LogP contribution in [0.15, 0.2) is 18.2 Å². The third kappa shape index (κ3) is 1.44. The third-order valence-corrected chi connectivity index (χ3v) is 2.54. The number of nitrogens with two attached hydrogens (primary N) is 1. The van der Waals surface area contributed by atoms with Crippen molar-refractivity contribution in [3.05, 3.63) is 35.1 Å². The Kier molecular flexibility index (Phi) is 2.04. The van der Waals surface area contributed by atoms with Gasteiger partial charge in [-0.2, -0.15) is 0 Å². The van der Waals surface area contributed by atoms with E-state index in [0.29, 0.717) is 12.8 Å². The molecular formula is C10H11F2N. The Morgan fingerprint density at radius 1 is 1.38 bits per heavy atom. The summed E-state index contributed by atoms with van der Waals surface area (Å²) >= 11 is 0. The molecule has 0 bridgehead atoms. The number of hydrogen-bond donors (Lipinski definition) is 1. The molecule has 2 N–H and O–H groups in total. The lowest BCUT2D eigenvalue weighted by Gasteiger charge is -2.25. The van der Waals surface area contributed by atoms with Gasteiger partial charge in [-0.25, -0.2) is 8.78 Å². The Balaban J connectivity index is 2.44. The van der Waals surface area contributed by atoms with Gasteiger partial charge in [0.15, 0.2) is 0 Å². The Morgan fingerprint density at radius 2 is 2.15 bits per heavy atom. The van der Waals surface area contributed by atoms with Crippen LogP contribution in [0.5, 0.6) is 0 Å². The van der Waals surface area contributed by atoms with Crippen LogP contribution in [0, 0.1) is 5.82 Å². The largest absolute Gasteiger partial charge is 0.322 e. The maximum Gasteiger partial charge on any atom is 0.123 e. The quantitative estimate of drug-likeness (QED) is 0.655. The number of halogens is 2. The van der Waals surface area contributed by atoms with Gasteiger partial charge in [-0.15, -0.1) is 0 Å². The molecule has 2 unspecified atom stereocenters. The summed E-state index contributed by atoms with van der Waals surface area (Å²) in [6.45, 7) is 0. The second-order valence-corrected chi connectivity index (χ2v) is 3.42. The van der Waals surface area contributed by atoms with E-state index < -0.39 is 12.2 Å². The SMILES string of the molecule is NC1c2ccc(F)cc2CCC1F.